The average molecular weight is 319 g/mol. The van der Waals surface area contributed by atoms with Gasteiger partial charge in [-0.15, -0.1) is 0 Å². The lowest BCUT2D eigenvalue weighted by atomic mass is 10.1. The van der Waals surface area contributed by atoms with E-state index in [2.05, 4.69) is 20.4 Å². The van der Waals surface area contributed by atoms with E-state index >= 15 is 0 Å². The molecule has 1 unspecified atom stereocenters. The van der Waals surface area contributed by atoms with Gasteiger partial charge in [0.25, 0.3) is 0 Å². The average Bonchev–Trinajstić information content (AvgIpc) is 3.14. The fourth-order valence-electron chi connectivity index (χ4n) is 2.29. The molecule has 3 rings (SSSR count). The van der Waals surface area contributed by atoms with Crippen molar-refractivity contribution in [2.24, 2.45) is 0 Å². The number of aromatic nitrogens is 4. The summed E-state index contributed by atoms with van der Waals surface area (Å²) in [6, 6.07) is 15.1. The second-order valence-electron chi connectivity index (χ2n) is 5.18. The van der Waals surface area contributed by atoms with Crippen LogP contribution in [0.25, 0.3) is 6.08 Å². The predicted molar refractivity (Wildman–Crippen MR) is 90.6 cm³/mol. The number of hydrogen-bond donors (Lipinski definition) is 1. The van der Waals surface area contributed by atoms with Gasteiger partial charge in [0.2, 0.25) is 5.91 Å². The first kappa shape index (κ1) is 15.6. The molecule has 1 atom stereocenters. The molecule has 0 saturated heterocycles. The lowest BCUT2D eigenvalue weighted by Crippen LogP contribution is -2.30. The topological polar surface area (TPSA) is 72.7 Å². The Kier molecular flexibility index (Phi) is 5.09. The second-order valence-corrected chi connectivity index (χ2v) is 5.18. The zero-order chi connectivity index (χ0) is 16.6. The lowest BCUT2D eigenvalue weighted by molar-refractivity contribution is -0.117. The van der Waals surface area contributed by atoms with Crippen molar-refractivity contribution in [1.29, 1.82) is 0 Å². The molecule has 1 aromatic carbocycles. The van der Waals surface area contributed by atoms with E-state index in [0.29, 0.717) is 6.54 Å². The van der Waals surface area contributed by atoms with Crippen LogP contribution in [-0.2, 0) is 11.3 Å². The van der Waals surface area contributed by atoms with Gasteiger partial charge < -0.3 is 5.32 Å². The van der Waals surface area contributed by atoms with Gasteiger partial charge in [-0.2, -0.15) is 5.10 Å². The molecule has 0 radical (unpaired) electrons. The molecule has 1 N–H and O–H groups in total. The first-order chi connectivity index (χ1) is 11.8. The highest BCUT2D eigenvalue weighted by molar-refractivity contribution is 5.91. The highest BCUT2D eigenvalue weighted by Gasteiger charge is 2.14. The molecule has 0 saturated carbocycles. The normalized spacial score (nSPS) is 12.2. The second kappa shape index (κ2) is 7.82. The van der Waals surface area contributed by atoms with E-state index in [0.717, 1.165) is 11.3 Å². The minimum Gasteiger partial charge on any atom is -0.344 e. The van der Waals surface area contributed by atoms with Crippen LogP contribution in [0.1, 0.15) is 17.3 Å². The number of carbonyl (C=O) groups excluding carboxylic acids is 1. The van der Waals surface area contributed by atoms with E-state index in [4.69, 9.17) is 0 Å². The fourth-order valence-corrected chi connectivity index (χ4v) is 2.29. The molecule has 2 heterocycles. The van der Waals surface area contributed by atoms with Gasteiger partial charge >= 0.3 is 0 Å². The van der Waals surface area contributed by atoms with E-state index in [9.17, 15) is 4.79 Å². The summed E-state index contributed by atoms with van der Waals surface area (Å²) in [6.45, 7) is 0.507. The first-order valence-electron chi connectivity index (χ1n) is 7.58. The van der Waals surface area contributed by atoms with Gasteiger partial charge in [-0.05, 0) is 23.8 Å². The molecule has 0 aliphatic carbocycles. The van der Waals surface area contributed by atoms with Crippen molar-refractivity contribution in [3.05, 3.63) is 84.7 Å². The van der Waals surface area contributed by atoms with E-state index < -0.39 is 0 Å². The van der Waals surface area contributed by atoms with Crippen molar-refractivity contribution in [2.75, 3.05) is 0 Å². The summed E-state index contributed by atoms with van der Waals surface area (Å²) in [5.41, 5.74) is 1.74. The maximum absolute atomic E-state index is 12.3. The van der Waals surface area contributed by atoms with Crippen molar-refractivity contribution in [1.82, 2.24) is 25.1 Å². The lowest BCUT2D eigenvalue weighted by Gasteiger charge is -2.18. The molecular weight excluding hydrogens is 302 g/mol. The molecule has 120 valence electrons. The standard InChI is InChI=1S/C18H17N5O/c24-18(10-9-16-8-4-5-11-20-16)22-17(12-23-14-19-13-21-23)15-6-2-1-3-7-15/h1-11,13-14,17H,12H2,(H,22,24)/b10-9+. The molecule has 3 aromatic rings. The molecule has 0 fully saturated rings. The molecule has 6 heteroatoms. The summed E-state index contributed by atoms with van der Waals surface area (Å²) in [4.78, 5) is 20.4. The Labute approximate surface area is 139 Å². The van der Waals surface area contributed by atoms with Crippen LogP contribution in [0.4, 0.5) is 0 Å². The maximum Gasteiger partial charge on any atom is 0.244 e. The summed E-state index contributed by atoms with van der Waals surface area (Å²) >= 11 is 0. The Morgan fingerprint density at radius 1 is 1.17 bits per heavy atom. The van der Waals surface area contributed by atoms with Gasteiger partial charge in [0.05, 0.1) is 18.3 Å². The van der Waals surface area contributed by atoms with Gasteiger partial charge in [0, 0.05) is 12.3 Å². The number of pyridine rings is 1. The number of amides is 1. The van der Waals surface area contributed by atoms with Crippen molar-refractivity contribution < 1.29 is 4.79 Å². The quantitative estimate of drug-likeness (QED) is 0.707. The van der Waals surface area contributed by atoms with Gasteiger partial charge in [-0.25, -0.2) is 4.98 Å². The predicted octanol–water partition coefficient (Wildman–Crippen LogP) is 2.24. The van der Waals surface area contributed by atoms with Gasteiger partial charge in [-0.1, -0.05) is 36.4 Å². The fraction of sp³-hybridized carbons (Fsp3) is 0.111. The third-order valence-corrected chi connectivity index (χ3v) is 3.45. The van der Waals surface area contributed by atoms with Crippen molar-refractivity contribution in [3.63, 3.8) is 0 Å². The summed E-state index contributed by atoms with van der Waals surface area (Å²) in [7, 11) is 0. The maximum atomic E-state index is 12.3. The van der Waals surface area contributed by atoms with Crippen LogP contribution in [0.3, 0.4) is 0 Å². The molecule has 0 aliphatic rings. The Balaban J connectivity index is 1.71. The van der Waals surface area contributed by atoms with Crippen molar-refractivity contribution in [3.8, 4) is 0 Å². The van der Waals surface area contributed by atoms with E-state index in [1.807, 2.05) is 48.5 Å². The number of benzene rings is 1. The zero-order valence-corrected chi connectivity index (χ0v) is 13.0. The summed E-state index contributed by atoms with van der Waals surface area (Å²) in [5, 5.41) is 7.11. The van der Waals surface area contributed by atoms with Crippen LogP contribution in [0, 0.1) is 0 Å². The Morgan fingerprint density at radius 2 is 2.00 bits per heavy atom. The molecule has 1 amide bonds. The summed E-state index contributed by atoms with van der Waals surface area (Å²) < 4.78 is 1.69. The van der Waals surface area contributed by atoms with Crippen LogP contribution in [0.2, 0.25) is 0 Å². The van der Waals surface area contributed by atoms with Crippen LogP contribution >= 0.6 is 0 Å². The van der Waals surface area contributed by atoms with Crippen molar-refractivity contribution in [2.45, 2.75) is 12.6 Å². The molecule has 0 bridgehead atoms. The molecule has 2 aromatic heterocycles. The summed E-state index contributed by atoms with van der Waals surface area (Å²) in [5.74, 6) is -0.186. The first-order valence-corrected chi connectivity index (χ1v) is 7.58. The third kappa shape index (κ3) is 4.36. The monoisotopic (exact) mass is 319 g/mol. The minimum absolute atomic E-state index is 0.186. The van der Waals surface area contributed by atoms with E-state index in [1.165, 1.54) is 12.4 Å². The van der Waals surface area contributed by atoms with Gasteiger partial charge in [0.1, 0.15) is 12.7 Å². The van der Waals surface area contributed by atoms with E-state index in [-0.39, 0.29) is 11.9 Å². The van der Waals surface area contributed by atoms with Gasteiger partial charge in [-0.3, -0.25) is 14.5 Å². The number of carbonyl (C=O) groups is 1. The van der Waals surface area contributed by atoms with Crippen LogP contribution in [0.5, 0.6) is 0 Å². The number of hydrogen-bond acceptors (Lipinski definition) is 4. The van der Waals surface area contributed by atoms with Crippen LogP contribution in [-0.4, -0.2) is 25.7 Å². The highest BCUT2D eigenvalue weighted by atomic mass is 16.1. The number of nitrogens with zero attached hydrogens (tertiary/aromatic N) is 4. The number of nitrogens with one attached hydrogen (secondary N) is 1. The molecular formula is C18H17N5O. The molecule has 6 nitrogen and oxygen atoms in total. The SMILES string of the molecule is O=C(/C=C/c1ccccn1)NC(Cn1cncn1)c1ccccc1. The van der Waals surface area contributed by atoms with Gasteiger partial charge in [0.15, 0.2) is 0 Å². The Morgan fingerprint density at radius 3 is 2.71 bits per heavy atom. The molecule has 0 spiro atoms. The Hall–Kier alpha value is -3.28. The third-order valence-electron chi connectivity index (χ3n) is 3.45. The smallest absolute Gasteiger partial charge is 0.244 e. The zero-order valence-electron chi connectivity index (χ0n) is 13.0. The Bertz CT molecular complexity index is 785. The molecule has 24 heavy (non-hydrogen) atoms. The van der Waals surface area contributed by atoms with Crippen LogP contribution < -0.4 is 5.32 Å². The summed E-state index contributed by atoms with van der Waals surface area (Å²) in [6.07, 6.45) is 7.97. The highest BCUT2D eigenvalue weighted by Crippen LogP contribution is 2.14. The van der Waals surface area contributed by atoms with E-state index in [1.54, 1.807) is 23.3 Å². The van der Waals surface area contributed by atoms with Crippen LogP contribution in [0.15, 0.2) is 73.5 Å². The largest absolute Gasteiger partial charge is 0.344 e. The molecule has 0 aliphatic heterocycles. The minimum atomic E-state index is -0.200. The number of rotatable bonds is 6. The van der Waals surface area contributed by atoms with Crippen molar-refractivity contribution >= 4 is 12.0 Å².